The van der Waals surface area contributed by atoms with Crippen LogP contribution in [0.4, 0.5) is 4.79 Å². The highest BCUT2D eigenvalue weighted by Gasteiger charge is 2.49. The predicted octanol–water partition coefficient (Wildman–Crippen LogP) is 2.72. The normalized spacial score (nSPS) is 28.1. The molecule has 4 amide bonds. The fourth-order valence-corrected chi connectivity index (χ4v) is 8.55. The van der Waals surface area contributed by atoms with Crippen LogP contribution in [0.3, 0.4) is 0 Å². The average molecular weight is 1010 g/mol. The summed E-state index contributed by atoms with van der Waals surface area (Å²) in [4.78, 5) is 64.1. The summed E-state index contributed by atoms with van der Waals surface area (Å²) in [5.41, 5.74) is 0. The van der Waals surface area contributed by atoms with E-state index < -0.39 is 109 Å². The van der Waals surface area contributed by atoms with Gasteiger partial charge in [-0.15, -0.1) is 11.8 Å². The number of alkyl carbamates (subject to hydrolysis) is 1. The van der Waals surface area contributed by atoms with Crippen molar-refractivity contribution in [3.8, 4) is 0 Å². The second-order valence-corrected chi connectivity index (χ2v) is 18.0. The lowest BCUT2D eigenvalue weighted by Crippen LogP contribution is -2.62. The van der Waals surface area contributed by atoms with Gasteiger partial charge in [-0.05, 0) is 64.2 Å². The van der Waals surface area contributed by atoms with Crippen LogP contribution in [0.15, 0.2) is 72.9 Å². The number of thioether (sulfide) groups is 1. The van der Waals surface area contributed by atoms with Crippen LogP contribution >= 0.6 is 11.8 Å². The first kappa shape index (κ1) is 60.0. The Morgan fingerprint density at radius 1 is 0.743 bits per heavy atom. The molecule has 3 rings (SSSR count). The number of nitrogens with zero attached hydrogens (tertiary/aromatic N) is 1. The van der Waals surface area contributed by atoms with E-state index in [-0.39, 0.29) is 38.3 Å². The molecule has 70 heavy (non-hydrogen) atoms. The van der Waals surface area contributed by atoms with Crippen LogP contribution in [0.5, 0.6) is 0 Å². The first-order valence-corrected chi connectivity index (χ1v) is 25.0. The summed E-state index contributed by atoms with van der Waals surface area (Å²) in [6.07, 6.45) is 16.6. The molecule has 0 aliphatic carbocycles. The SMILES string of the molecule is CC/C=C\C/C=C\C/C=C\C/C=C\C/C=C\C/C=C\CCC(=O)N[C@H](CSC1CC(=O)N(CCCCCNC(=O)OC2C(O)[C@@H](OC)OC(CO[C@@H]3OC(COC)[C@@H](O)C(O)C3O)[C@H]2O)C1=O)C(=O)O. The summed E-state index contributed by atoms with van der Waals surface area (Å²) in [5, 5.41) is 66.4. The van der Waals surface area contributed by atoms with Crippen molar-refractivity contribution in [3.05, 3.63) is 72.9 Å². The molecule has 0 aromatic heterocycles. The fraction of sp³-hybridized carbons (Fsp3) is 0.653. The van der Waals surface area contributed by atoms with Crippen LogP contribution in [-0.2, 0) is 47.6 Å². The van der Waals surface area contributed by atoms with Gasteiger partial charge in [-0.3, -0.25) is 19.3 Å². The van der Waals surface area contributed by atoms with Gasteiger partial charge in [0.05, 0.1) is 18.5 Å². The van der Waals surface area contributed by atoms with E-state index >= 15 is 0 Å². The van der Waals surface area contributed by atoms with Crippen LogP contribution in [0.25, 0.3) is 0 Å². The smallest absolute Gasteiger partial charge is 0.407 e. The number of carbonyl (C=O) groups excluding carboxylic acids is 4. The van der Waals surface area contributed by atoms with Crippen LogP contribution in [0, 0.1) is 0 Å². The molecule has 8 N–H and O–H groups in total. The zero-order valence-electron chi connectivity index (χ0n) is 40.4. The summed E-state index contributed by atoms with van der Waals surface area (Å²) in [5.74, 6) is -2.62. The molecule has 3 aliphatic heterocycles. The van der Waals surface area contributed by atoms with Gasteiger partial charge in [0.15, 0.2) is 18.7 Å². The van der Waals surface area contributed by atoms with E-state index in [1.807, 2.05) is 18.2 Å². The van der Waals surface area contributed by atoms with Gasteiger partial charge in [0.1, 0.15) is 48.8 Å². The number of nitrogens with one attached hydrogen (secondary N) is 2. The lowest BCUT2D eigenvalue weighted by Gasteiger charge is -2.43. The number of carboxylic acids is 1. The Hall–Kier alpha value is -4.26. The molecular weight excluding hydrogens is 935 g/mol. The van der Waals surface area contributed by atoms with Crippen molar-refractivity contribution >= 4 is 41.5 Å². The van der Waals surface area contributed by atoms with Crippen LogP contribution in [0.2, 0.25) is 0 Å². The number of hydrogen-bond acceptors (Lipinski definition) is 17. The van der Waals surface area contributed by atoms with E-state index in [1.54, 1.807) is 0 Å². The molecule has 0 aromatic carbocycles. The van der Waals surface area contributed by atoms with Crippen molar-refractivity contribution in [1.29, 1.82) is 0 Å². The monoisotopic (exact) mass is 1010 g/mol. The minimum atomic E-state index is -1.67. The van der Waals surface area contributed by atoms with Crippen molar-refractivity contribution in [1.82, 2.24) is 15.5 Å². The molecule has 394 valence electrons. The topological polar surface area (TPSA) is 289 Å². The quantitative estimate of drug-likeness (QED) is 0.0273. The van der Waals surface area contributed by atoms with Gasteiger partial charge in [-0.2, -0.15) is 0 Å². The lowest BCUT2D eigenvalue weighted by atomic mass is 9.98. The zero-order chi connectivity index (χ0) is 51.3. The fourth-order valence-electron chi connectivity index (χ4n) is 7.37. The number of carbonyl (C=O) groups is 5. The minimum Gasteiger partial charge on any atom is -0.480 e. The molecular formula is C49H75N3O17S. The Morgan fingerprint density at radius 2 is 1.33 bits per heavy atom. The number of allylic oxidation sites excluding steroid dienone is 12. The maximum atomic E-state index is 13.1. The molecule has 0 spiro atoms. The van der Waals surface area contributed by atoms with E-state index in [2.05, 4.69) is 72.2 Å². The summed E-state index contributed by atoms with van der Waals surface area (Å²) >= 11 is 1.01. The van der Waals surface area contributed by atoms with Gasteiger partial charge in [0.2, 0.25) is 17.7 Å². The third-order valence-electron chi connectivity index (χ3n) is 11.3. The number of likely N-dealkylation sites (tertiary alicyclic amines) is 1. The minimum absolute atomic E-state index is 0.0947. The van der Waals surface area contributed by atoms with Gasteiger partial charge in [-0.1, -0.05) is 79.8 Å². The van der Waals surface area contributed by atoms with Crippen LogP contribution in [-0.4, -0.2) is 184 Å². The average Bonchev–Trinajstić information content (AvgIpc) is 3.61. The lowest BCUT2D eigenvalue weighted by molar-refractivity contribution is -0.328. The van der Waals surface area contributed by atoms with Gasteiger partial charge in [-0.25, -0.2) is 9.59 Å². The highest BCUT2D eigenvalue weighted by atomic mass is 32.2. The molecule has 7 unspecified atom stereocenters. The molecule has 0 aromatic rings. The van der Waals surface area contributed by atoms with E-state index in [0.717, 1.165) is 48.8 Å². The van der Waals surface area contributed by atoms with Gasteiger partial charge >= 0.3 is 12.1 Å². The third-order valence-corrected chi connectivity index (χ3v) is 12.6. The number of ether oxygens (including phenoxy) is 6. The van der Waals surface area contributed by atoms with E-state index in [9.17, 15) is 54.6 Å². The van der Waals surface area contributed by atoms with E-state index in [4.69, 9.17) is 28.4 Å². The van der Waals surface area contributed by atoms with Gasteiger partial charge < -0.3 is 69.7 Å². The molecule has 3 fully saturated rings. The molecule has 3 heterocycles. The van der Waals surface area contributed by atoms with Crippen LogP contribution < -0.4 is 10.6 Å². The largest absolute Gasteiger partial charge is 0.480 e. The molecule has 3 aliphatic rings. The Morgan fingerprint density at radius 3 is 1.91 bits per heavy atom. The van der Waals surface area contributed by atoms with Crippen molar-refractivity contribution in [2.45, 2.75) is 157 Å². The number of carboxylic acid groups (broad SMARTS) is 1. The zero-order valence-corrected chi connectivity index (χ0v) is 41.2. The Balaban J connectivity index is 1.29. The molecule has 20 nitrogen and oxygen atoms in total. The first-order chi connectivity index (χ1) is 33.7. The van der Waals surface area contributed by atoms with Crippen molar-refractivity contribution in [2.24, 2.45) is 0 Å². The van der Waals surface area contributed by atoms with Crippen molar-refractivity contribution in [3.63, 3.8) is 0 Å². The summed E-state index contributed by atoms with van der Waals surface area (Å²) in [6, 6.07) is -1.24. The first-order valence-electron chi connectivity index (χ1n) is 23.9. The number of amides is 4. The van der Waals surface area contributed by atoms with Crippen molar-refractivity contribution < 1.29 is 83.0 Å². The molecule has 0 saturated carbocycles. The number of hydrogen-bond donors (Lipinski definition) is 8. The third kappa shape index (κ3) is 21.2. The number of aliphatic hydroxyl groups is 5. The summed E-state index contributed by atoms with van der Waals surface area (Å²) < 4.78 is 32.1. The number of unbranched alkanes of at least 4 members (excludes halogenated alkanes) is 2. The highest BCUT2D eigenvalue weighted by Crippen LogP contribution is 2.28. The predicted molar refractivity (Wildman–Crippen MR) is 259 cm³/mol. The summed E-state index contributed by atoms with van der Waals surface area (Å²) in [7, 11) is 2.57. The summed E-state index contributed by atoms with van der Waals surface area (Å²) in [6.45, 7) is 1.74. The molecule has 21 heteroatoms. The number of methoxy groups -OCH3 is 2. The van der Waals surface area contributed by atoms with Crippen molar-refractivity contribution in [2.75, 3.05) is 46.3 Å². The molecule has 3 saturated heterocycles. The Labute approximate surface area is 414 Å². The number of rotatable bonds is 32. The molecule has 0 bridgehead atoms. The molecule has 12 atom stereocenters. The Kier molecular flexibility index (Phi) is 29.3. The number of aliphatic carboxylic acids is 1. The standard InChI is InChI=1S/C49H75N3O17S/c1-4-5-6-7-8-9-10-11-12-13-14-15-16-17-18-19-20-21-23-26-37(53)51-33(46(61)62)32-70-36-29-38(54)52(45(36)60)28-25-22-24-27-50-49(63)69-44-40(56)35(67-47(65-3)43(44)59)31-66-48-42(58)41(57)39(55)34(68-48)30-64-2/h5-6,8-9,11-12,14-15,17-18,20-21,33-36,39-44,47-48,55-59H,4,7,10,13,16,19,22-32H2,1-3H3,(H,50,63)(H,51,53)(H,61,62)/b6-5-,9-8-,12-11-,15-14-,18-17-,21-20-/t33-,34?,35?,36?,39-,40-,41?,42?,43?,44?,47+,48-/m1/s1. The Bertz CT molecular complexity index is 1780. The number of aliphatic hydroxyl groups excluding tert-OH is 5. The van der Waals surface area contributed by atoms with E-state index in [1.165, 1.54) is 14.2 Å². The maximum Gasteiger partial charge on any atom is 0.407 e. The molecule has 0 radical (unpaired) electrons. The van der Waals surface area contributed by atoms with Gasteiger partial charge in [0.25, 0.3) is 0 Å². The van der Waals surface area contributed by atoms with Gasteiger partial charge in [0, 0.05) is 45.9 Å². The maximum absolute atomic E-state index is 13.1. The van der Waals surface area contributed by atoms with Crippen LogP contribution in [0.1, 0.15) is 84.0 Å². The highest BCUT2D eigenvalue weighted by molar-refractivity contribution is 8.00. The van der Waals surface area contributed by atoms with E-state index in [0.29, 0.717) is 32.1 Å². The number of imide groups is 1. The second kappa shape index (κ2) is 34.2. The second-order valence-electron chi connectivity index (χ2n) is 16.7.